The topological polar surface area (TPSA) is 67.2 Å². The quantitative estimate of drug-likeness (QED) is 0.592. The number of hydrazine groups is 1. The Balaban J connectivity index is 2.13. The zero-order valence-corrected chi connectivity index (χ0v) is 12.7. The molecular formula is C15H22ClN3O. The van der Waals surface area contributed by atoms with Crippen LogP contribution in [0.2, 0.25) is 5.02 Å². The van der Waals surface area contributed by atoms with Crippen molar-refractivity contribution in [3.8, 4) is 0 Å². The van der Waals surface area contributed by atoms with Gasteiger partial charge in [0.05, 0.1) is 11.3 Å². The average molecular weight is 296 g/mol. The summed E-state index contributed by atoms with van der Waals surface area (Å²) in [5, 5.41) is 3.65. The van der Waals surface area contributed by atoms with Crippen LogP contribution in [0.4, 0.5) is 5.69 Å². The fraction of sp³-hybridized carbons (Fsp3) is 0.533. The molecule has 1 saturated carbocycles. The van der Waals surface area contributed by atoms with Crippen LogP contribution in [0.25, 0.3) is 0 Å². The van der Waals surface area contributed by atoms with Gasteiger partial charge in [-0.2, -0.15) is 0 Å². The third kappa shape index (κ3) is 3.25. The molecule has 3 atom stereocenters. The van der Waals surface area contributed by atoms with E-state index in [-0.39, 0.29) is 11.9 Å². The van der Waals surface area contributed by atoms with Gasteiger partial charge < -0.3 is 10.7 Å². The predicted octanol–water partition coefficient (Wildman–Crippen LogP) is 3.18. The summed E-state index contributed by atoms with van der Waals surface area (Å²) in [6, 6.07) is 5.28. The highest BCUT2D eigenvalue weighted by molar-refractivity contribution is 6.31. The number of benzene rings is 1. The van der Waals surface area contributed by atoms with Crippen molar-refractivity contribution in [2.75, 3.05) is 5.43 Å². The molecule has 5 heteroatoms. The first-order valence-electron chi connectivity index (χ1n) is 7.10. The van der Waals surface area contributed by atoms with Gasteiger partial charge in [0.15, 0.2) is 0 Å². The highest BCUT2D eigenvalue weighted by Crippen LogP contribution is 2.30. The van der Waals surface area contributed by atoms with Crippen molar-refractivity contribution in [2.24, 2.45) is 17.7 Å². The van der Waals surface area contributed by atoms with Crippen molar-refractivity contribution in [1.29, 1.82) is 0 Å². The summed E-state index contributed by atoms with van der Waals surface area (Å²) >= 11 is 5.96. The summed E-state index contributed by atoms with van der Waals surface area (Å²) in [6.07, 6.45) is 3.43. The molecule has 3 unspecified atom stereocenters. The van der Waals surface area contributed by atoms with Crippen LogP contribution in [0.3, 0.4) is 0 Å². The molecule has 4 N–H and O–H groups in total. The molecule has 0 saturated heterocycles. The molecule has 0 radical (unpaired) electrons. The first kappa shape index (κ1) is 15.1. The number of nitrogens with two attached hydrogens (primary N) is 1. The summed E-state index contributed by atoms with van der Waals surface area (Å²) in [5.41, 5.74) is 3.62. The zero-order chi connectivity index (χ0) is 14.7. The molecule has 20 heavy (non-hydrogen) atoms. The minimum atomic E-state index is -0.119. The molecule has 1 aromatic carbocycles. The zero-order valence-electron chi connectivity index (χ0n) is 11.9. The van der Waals surface area contributed by atoms with Crippen LogP contribution >= 0.6 is 11.6 Å². The van der Waals surface area contributed by atoms with Gasteiger partial charge in [-0.3, -0.25) is 10.6 Å². The lowest BCUT2D eigenvalue weighted by Gasteiger charge is -2.34. The molecule has 1 amide bonds. The monoisotopic (exact) mass is 295 g/mol. The third-order valence-electron chi connectivity index (χ3n) is 4.41. The molecular weight excluding hydrogens is 274 g/mol. The number of carbonyl (C=O) groups excluding carboxylic acids is 1. The van der Waals surface area contributed by atoms with E-state index in [4.69, 9.17) is 17.4 Å². The number of amides is 1. The standard InChI is InChI=1S/C15H22ClN3O/c1-9-4-3-5-13(10(9)2)18-15(20)12-8-11(16)6-7-14(12)19-17/h6-10,13,19H,3-5,17H2,1-2H3,(H,18,20). The molecule has 0 spiro atoms. The maximum atomic E-state index is 12.4. The molecule has 4 nitrogen and oxygen atoms in total. The number of carbonyl (C=O) groups is 1. The van der Waals surface area contributed by atoms with Crippen molar-refractivity contribution in [2.45, 2.75) is 39.2 Å². The molecule has 1 aliphatic carbocycles. The number of halogens is 1. The van der Waals surface area contributed by atoms with Gasteiger partial charge in [0, 0.05) is 11.1 Å². The van der Waals surface area contributed by atoms with Gasteiger partial charge in [0.2, 0.25) is 0 Å². The number of nitrogens with one attached hydrogen (secondary N) is 2. The Kier molecular flexibility index (Phi) is 4.89. The fourth-order valence-electron chi connectivity index (χ4n) is 2.86. The van der Waals surface area contributed by atoms with Crippen molar-refractivity contribution in [3.63, 3.8) is 0 Å². The molecule has 110 valence electrons. The van der Waals surface area contributed by atoms with Crippen LogP contribution < -0.4 is 16.6 Å². The van der Waals surface area contributed by atoms with Crippen LogP contribution in [0.15, 0.2) is 18.2 Å². The van der Waals surface area contributed by atoms with E-state index in [2.05, 4.69) is 24.6 Å². The third-order valence-corrected chi connectivity index (χ3v) is 4.64. The van der Waals surface area contributed by atoms with Gasteiger partial charge in [-0.1, -0.05) is 38.3 Å². The second-order valence-electron chi connectivity index (χ2n) is 5.68. The van der Waals surface area contributed by atoms with E-state index in [1.807, 2.05) is 0 Å². The van der Waals surface area contributed by atoms with E-state index in [9.17, 15) is 4.79 Å². The maximum absolute atomic E-state index is 12.4. The van der Waals surface area contributed by atoms with E-state index in [1.165, 1.54) is 6.42 Å². The molecule has 0 heterocycles. The van der Waals surface area contributed by atoms with Gasteiger partial charge in [0.1, 0.15) is 0 Å². The lowest BCUT2D eigenvalue weighted by atomic mass is 9.78. The van der Waals surface area contributed by atoms with Gasteiger partial charge in [-0.15, -0.1) is 0 Å². The first-order chi connectivity index (χ1) is 9.52. The van der Waals surface area contributed by atoms with E-state index in [1.54, 1.807) is 18.2 Å². The Morgan fingerprint density at radius 2 is 2.10 bits per heavy atom. The van der Waals surface area contributed by atoms with Crippen molar-refractivity contribution < 1.29 is 4.79 Å². The lowest BCUT2D eigenvalue weighted by molar-refractivity contribution is 0.0892. The van der Waals surface area contributed by atoms with Crippen LogP contribution in [-0.4, -0.2) is 11.9 Å². The van der Waals surface area contributed by atoms with Crippen molar-refractivity contribution in [3.05, 3.63) is 28.8 Å². The summed E-state index contributed by atoms with van der Waals surface area (Å²) in [5.74, 6) is 6.46. The minimum absolute atomic E-state index is 0.119. The molecule has 0 aromatic heterocycles. The molecule has 1 fully saturated rings. The Hall–Kier alpha value is -1.26. The number of hydrogen-bond donors (Lipinski definition) is 3. The van der Waals surface area contributed by atoms with E-state index in [0.717, 1.165) is 12.8 Å². The smallest absolute Gasteiger partial charge is 0.253 e. The highest BCUT2D eigenvalue weighted by atomic mass is 35.5. The average Bonchev–Trinajstić information content (AvgIpc) is 2.43. The Bertz CT molecular complexity index is 492. The van der Waals surface area contributed by atoms with Gasteiger partial charge in [-0.25, -0.2) is 0 Å². The summed E-state index contributed by atoms with van der Waals surface area (Å²) < 4.78 is 0. The van der Waals surface area contributed by atoms with Crippen LogP contribution in [0.5, 0.6) is 0 Å². The molecule has 0 aliphatic heterocycles. The molecule has 2 rings (SSSR count). The molecule has 1 aromatic rings. The number of anilines is 1. The first-order valence-corrected chi connectivity index (χ1v) is 7.47. The lowest BCUT2D eigenvalue weighted by Crippen LogP contribution is -2.43. The normalized spacial score (nSPS) is 26.1. The van der Waals surface area contributed by atoms with Crippen LogP contribution in [0, 0.1) is 11.8 Å². The SMILES string of the molecule is CC1CCCC(NC(=O)c2cc(Cl)ccc2NN)C1C. The Labute approximate surface area is 125 Å². The number of hydrogen-bond acceptors (Lipinski definition) is 3. The summed E-state index contributed by atoms with van der Waals surface area (Å²) in [7, 11) is 0. The van der Waals surface area contributed by atoms with E-state index >= 15 is 0 Å². The predicted molar refractivity (Wildman–Crippen MR) is 82.7 cm³/mol. The van der Waals surface area contributed by atoms with Crippen LogP contribution in [-0.2, 0) is 0 Å². The van der Waals surface area contributed by atoms with E-state index < -0.39 is 0 Å². The van der Waals surface area contributed by atoms with Gasteiger partial charge >= 0.3 is 0 Å². The number of nitrogen functional groups attached to an aromatic ring is 1. The minimum Gasteiger partial charge on any atom is -0.349 e. The maximum Gasteiger partial charge on any atom is 0.253 e. The Morgan fingerprint density at radius 1 is 1.35 bits per heavy atom. The van der Waals surface area contributed by atoms with E-state index in [0.29, 0.717) is 28.1 Å². The number of rotatable bonds is 3. The Morgan fingerprint density at radius 3 is 2.80 bits per heavy atom. The second kappa shape index (κ2) is 6.46. The van der Waals surface area contributed by atoms with Crippen molar-refractivity contribution >= 4 is 23.2 Å². The fourth-order valence-corrected chi connectivity index (χ4v) is 3.03. The summed E-state index contributed by atoms with van der Waals surface area (Å²) in [4.78, 5) is 12.4. The van der Waals surface area contributed by atoms with Crippen LogP contribution in [0.1, 0.15) is 43.5 Å². The highest BCUT2D eigenvalue weighted by Gasteiger charge is 2.28. The van der Waals surface area contributed by atoms with Gasteiger partial charge in [-0.05, 0) is 36.5 Å². The second-order valence-corrected chi connectivity index (χ2v) is 6.12. The molecule has 1 aliphatic rings. The van der Waals surface area contributed by atoms with Crippen molar-refractivity contribution in [1.82, 2.24) is 5.32 Å². The van der Waals surface area contributed by atoms with Gasteiger partial charge in [0.25, 0.3) is 5.91 Å². The molecule has 0 bridgehead atoms. The largest absolute Gasteiger partial charge is 0.349 e. The summed E-state index contributed by atoms with van der Waals surface area (Å²) in [6.45, 7) is 4.45.